The molecule has 8 unspecified atom stereocenters. The number of carbonyl (C=O) groups excluding carboxylic acids is 9. The highest BCUT2D eigenvalue weighted by Gasteiger charge is 2.40. The summed E-state index contributed by atoms with van der Waals surface area (Å²) in [6.45, 7) is 1.51. The van der Waals surface area contributed by atoms with E-state index in [0.717, 1.165) is 56.7 Å². The molecule has 3 fully saturated rings. The van der Waals surface area contributed by atoms with Crippen LogP contribution in [-0.4, -0.2) is 149 Å². The first-order valence-electron chi connectivity index (χ1n) is 28.7. The van der Waals surface area contributed by atoms with Crippen LogP contribution < -0.4 is 59.2 Å². The lowest BCUT2D eigenvalue weighted by molar-refractivity contribution is -0.144. The smallest absolute Gasteiger partial charge is 0.245 e. The fraction of sp³-hybridized carbons (Fsp3) is 0.542. The van der Waals surface area contributed by atoms with Crippen LogP contribution in [0.3, 0.4) is 0 Å². The van der Waals surface area contributed by atoms with Gasteiger partial charge in [0, 0.05) is 51.0 Å². The summed E-state index contributed by atoms with van der Waals surface area (Å²) in [6.07, 6.45) is 10.6. The Hall–Kier alpha value is -7.76. The van der Waals surface area contributed by atoms with Gasteiger partial charge in [0.15, 0.2) is 5.96 Å². The Kier molecular flexibility index (Phi) is 25.0. The molecule has 2 bridgehead atoms. The maximum atomic E-state index is 14.9. The molecule has 3 aromatic rings. The molecule has 24 heteroatoms. The molecular formula is C59H83N13O10S. The number of primary amides is 1. The van der Waals surface area contributed by atoms with E-state index in [9.17, 15) is 43.2 Å². The summed E-state index contributed by atoms with van der Waals surface area (Å²) in [5.41, 5.74) is 17.4. The van der Waals surface area contributed by atoms with E-state index in [1.807, 2.05) is 0 Å². The van der Waals surface area contributed by atoms with Gasteiger partial charge in [0.2, 0.25) is 53.2 Å². The van der Waals surface area contributed by atoms with Crippen LogP contribution in [0, 0.1) is 5.92 Å². The number of nitrogens with one attached hydrogen (secondary N) is 7. The second-order valence-corrected chi connectivity index (χ2v) is 23.0. The average molecular weight is 1170 g/mol. The number of hydrogen-bond acceptors (Lipinski definition) is 13. The van der Waals surface area contributed by atoms with Gasteiger partial charge in [0.25, 0.3) is 0 Å². The number of thioether (sulfide) groups is 1. The first-order chi connectivity index (χ1) is 39.8. The standard InChI is InChI=1S/C59H83N13O10S/c1-59(57(60)81)36-83-35-49(73)65-44(30-37-16-9-8-10-17-37)51(75)66-42(22-15-29-64-58(61)62)50(74)68-47(33-40-20-14-28-63-34-40)54(78)69-45(31-38-18-13-19-38)53(77)70-46(32-39-24-26-41(82-3)27-25-39)52(76)67-43-21-11-6-4-5-7-12-23-48(55(79)71-59)72(2)56(43)80/h8-10,14,16-17,20,24-28,34,38,42-48H,4-7,11-13,15,18-19,21-23,29-33,35-36H2,1-3H3,(H2,60,81)(H,65,73)(H,66,75)(H,67,76)(H,68,74)(H,69,78)(H,70,77)(H,71,79)(H4,61,62,64). The molecule has 8 atom stereocenters. The lowest BCUT2D eigenvalue weighted by Gasteiger charge is -2.35. The van der Waals surface area contributed by atoms with Crippen molar-refractivity contribution in [1.82, 2.24) is 47.1 Å². The summed E-state index contributed by atoms with van der Waals surface area (Å²) in [4.78, 5) is 140. The van der Waals surface area contributed by atoms with Crippen LogP contribution >= 0.6 is 11.8 Å². The van der Waals surface area contributed by atoms with Gasteiger partial charge in [-0.15, -0.1) is 11.8 Å². The van der Waals surface area contributed by atoms with Gasteiger partial charge in [-0.05, 0) is 79.8 Å². The van der Waals surface area contributed by atoms with Crippen molar-refractivity contribution in [3.05, 3.63) is 95.8 Å². The largest absolute Gasteiger partial charge is 0.497 e. The Morgan fingerprint density at radius 1 is 0.651 bits per heavy atom. The lowest BCUT2D eigenvalue weighted by Crippen LogP contribution is -2.63. The molecule has 1 aromatic heterocycles. The third-order valence-electron chi connectivity index (χ3n) is 15.5. The molecule has 1 saturated carbocycles. The molecule has 83 heavy (non-hydrogen) atoms. The summed E-state index contributed by atoms with van der Waals surface area (Å²) < 4.78 is 5.39. The van der Waals surface area contributed by atoms with E-state index in [-0.39, 0.29) is 81.3 Å². The number of pyridine rings is 1. The first-order valence-corrected chi connectivity index (χ1v) is 29.9. The number of aromatic nitrogens is 1. The number of fused-ring (bicyclic) bond motifs is 3. The molecule has 2 aliphatic heterocycles. The molecular weight excluding hydrogens is 1080 g/mol. The number of nitrogens with two attached hydrogens (primary N) is 3. The fourth-order valence-electron chi connectivity index (χ4n) is 10.3. The van der Waals surface area contributed by atoms with Crippen LogP contribution in [0.25, 0.3) is 0 Å². The Morgan fingerprint density at radius 2 is 1.20 bits per heavy atom. The zero-order chi connectivity index (χ0) is 59.9. The van der Waals surface area contributed by atoms with Crippen molar-refractivity contribution in [2.45, 2.75) is 164 Å². The molecule has 6 rings (SSSR count). The third-order valence-corrected chi connectivity index (χ3v) is 16.7. The van der Waals surface area contributed by atoms with Crippen LogP contribution in [0.5, 0.6) is 5.75 Å². The molecule has 2 aromatic carbocycles. The van der Waals surface area contributed by atoms with Gasteiger partial charge < -0.3 is 64.1 Å². The zero-order valence-electron chi connectivity index (χ0n) is 47.8. The maximum Gasteiger partial charge on any atom is 0.245 e. The van der Waals surface area contributed by atoms with E-state index in [1.165, 1.54) is 32.2 Å². The quantitative estimate of drug-likeness (QED) is 0.0619. The van der Waals surface area contributed by atoms with Crippen molar-refractivity contribution in [1.29, 1.82) is 0 Å². The Morgan fingerprint density at radius 3 is 1.81 bits per heavy atom. The number of likely N-dealkylation sites (N-methyl/N-ethyl adjacent to an activating group) is 1. The van der Waals surface area contributed by atoms with Gasteiger partial charge in [-0.1, -0.05) is 106 Å². The number of benzene rings is 2. The number of methoxy groups -OCH3 is 1. The molecule has 3 heterocycles. The van der Waals surface area contributed by atoms with Crippen molar-refractivity contribution in [2.75, 3.05) is 32.2 Å². The number of hydrogen-bond donors (Lipinski definition) is 10. The molecule has 23 nitrogen and oxygen atoms in total. The Balaban J connectivity index is 1.42. The predicted octanol–water partition coefficient (Wildman–Crippen LogP) is 1.34. The number of rotatable bonds is 14. The van der Waals surface area contributed by atoms with Gasteiger partial charge in [-0.25, -0.2) is 0 Å². The molecule has 450 valence electrons. The molecule has 0 spiro atoms. The number of nitrogens with zero attached hydrogens (tertiary/aromatic N) is 3. The van der Waals surface area contributed by atoms with E-state index in [0.29, 0.717) is 35.3 Å². The molecule has 0 radical (unpaired) electrons. The lowest BCUT2D eigenvalue weighted by atomic mass is 9.80. The number of amides is 9. The van der Waals surface area contributed by atoms with Crippen LogP contribution in [-0.2, 0) is 62.4 Å². The molecule has 2 saturated heterocycles. The summed E-state index contributed by atoms with van der Waals surface area (Å²) in [5.74, 6) is -6.46. The summed E-state index contributed by atoms with van der Waals surface area (Å²) in [7, 11) is 2.99. The van der Waals surface area contributed by atoms with E-state index in [1.54, 1.807) is 72.9 Å². The van der Waals surface area contributed by atoms with Crippen molar-refractivity contribution in [3.63, 3.8) is 0 Å². The molecule has 1 aliphatic carbocycles. The highest BCUT2D eigenvalue weighted by Crippen LogP contribution is 2.31. The number of guanidine groups is 1. The van der Waals surface area contributed by atoms with Gasteiger partial charge >= 0.3 is 0 Å². The van der Waals surface area contributed by atoms with E-state index >= 15 is 0 Å². The Labute approximate surface area is 489 Å². The minimum atomic E-state index is -1.73. The second-order valence-electron chi connectivity index (χ2n) is 22.1. The minimum absolute atomic E-state index is 0.00643. The van der Waals surface area contributed by atoms with Gasteiger partial charge in [0.05, 0.1) is 12.9 Å². The van der Waals surface area contributed by atoms with E-state index in [2.05, 4.69) is 47.2 Å². The third kappa shape index (κ3) is 20.3. The van der Waals surface area contributed by atoms with E-state index in [4.69, 9.17) is 21.9 Å². The molecule has 13 N–H and O–H groups in total. The second kappa shape index (κ2) is 32.2. The van der Waals surface area contributed by atoms with Crippen molar-refractivity contribution in [3.8, 4) is 5.75 Å². The SMILES string of the molecule is COc1ccc(CC2NC(=O)C(CC3CCC3)NC(=O)C(Cc3cccnc3)NC(=O)C(CCCN=C(N)N)NC(=O)C(Cc3ccccc3)NC(=O)CSCC(C)(C(N)=O)NC(=O)C3CCCCCCCCC(NC2=O)C(=O)N3C)cc1. The van der Waals surface area contributed by atoms with Gasteiger partial charge in [0.1, 0.15) is 53.6 Å². The summed E-state index contributed by atoms with van der Waals surface area (Å²) in [5, 5.41) is 20.0. The Bertz CT molecular complexity index is 2720. The normalized spacial score (nSPS) is 25.6. The fourth-order valence-corrected chi connectivity index (χ4v) is 11.3. The van der Waals surface area contributed by atoms with E-state index < -0.39 is 101 Å². The van der Waals surface area contributed by atoms with Crippen molar-refractivity contribution in [2.24, 2.45) is 28.1 Å². The first kappa shape index (κ1) is 64.4. The number of ether oxygens (including phenoxy) is 1. The summed E-state index contributed by atoms with van der Waals surface area (Å²) >= 11 is 0.977. The highest BCUT2D eigenvalue weighted by molar-refractivity contribution is 8.00. The molecule has 3 aliphatic rings. The average Bonchev–Trinajstić information content (AvgIpc) is 3.46. The topological polar surface area (TPSA) is 354 Å². The molecule has 9 amide bonds. The van der Waals surface area contributed by atoms with Crippen LogP contribution in [0.2, 0.25) is 0 Å². The van der Waals surface area contributed by atoms with Crippen molar-refractivity contribution >= 4 is 70.9 Å². The van der Waals surface area contributed by atoms with Crippen LogP contribution in [0.4, 0.5) is 0 Å². The van der Waals surface area contributed by atoms with Gasteiger partial charge in [-0.3, -0.25) is 53.1 Å². The van der Waals surface area contributed by atoms with Crippen LogP contribution in [0.15, 0.2) is 84.1 Å². The zero-order valence-corrected chi connectivity index (χ0v) is 48.6. The summed E-state index contributed by atoms with van der Waals surface area (Å²) in [6, 6.07) is 10.5. The monoisotopic (exact) mass is 1170 g/mol. The van der Waals surface area contributed by atoms with Crippen molar-refractivity contribution < 1.29 is 47.9 Å². The van der Waals surface area contributed by atoms with Gasteiger partial charge in [-0.2, -0.15) is 0 Å². The highest BCUT2D eigenvalue weighted by atomic mass is 32.2. The number of carbonyl (C=O) groups is 9. The minimum Gasteiger partial charge on any atom is -0.497 e. The predicted molar refractivity (Wildman–Crippen MR) is 315 cm³/mol. The van der Waals surface area contributed by atoms with Crippen LogP contribution in [0.1, 0.15) is 114 Å². The maximum absolute atomic E-state index is 14.9. The number of aliphatic imine (C=N–C) groups is 1.